The Balaban J connectivity index is 3.07. The minimum absolute atomic E-state index is 0.00231. The Morgan fingerprint density at radius 1 is 1.67 bits per heavy atom. The highest BCUT2D eigenvalue weighted by molar-refractivity contribution is 5.34. The number of nitrogens with one attached hydrogen (secondary N) is 1. The molecule has 0 bridgehead atoms. The molecule has 0 aliphatic rings. The van der Waals surface area contributed by atoms with Crippen LogP contribution in [0.1, 0.15) is 0 Å². The van der Waals surface area contributed by atoms with Crippen molar-refractivity contribution < 1.29 is 4.39 Å². The summed E-state index contributed by atoms with van der Waals surface area (Å²) < 4.78 is 12.2. The highest BCUT2D eigenvalue weighted by atomic mass is 19.1. The van der Waals surface area contributed by atoms with E-state index in [1.165, 1.54) is 6.20 Å². The molecule has 0 aliphatic carbocycles. The summed E-state index contributed by atoms with van der Waals surface area (Å²) in [6.45, 7) is 0. The van der Waals surface area contributed by atoms with Gasteiger partial charge in [0.2, 0.25) is 0 Å². The number of nitrogens with zero attached hydrogens (tertiary/aromatic N) is 3. The van der Waals surface area contributed by atoms with E-state index in [-0.39, 0.29) is 5.69 Å². The summed E-state index contributed by atoms with van der Waals surface area (Å²) in [5.41, 5.74) is 7.84. The van der Waals surface area contributed by atoms with E-state index in [0.29, 0.717) is 0 Å². The lowest BCUT2D eigenvalue weighted by Crippen LogP contribution is -1.58. The lowest BCUT2D eigenvalue weighted by molar-refractivity contribution is 0.631. The fraction of sp³-hybridized carbons (Fsp3) is 0. The van der Waals surface area contributed by atoms with Crippen molar-refractivity contribution in [3.63, 3.8) is 0 Å². The van der Waals surface area contributed by atoms with Gasteiger partial charge in [-0.3, -0.25) is 0 Å². The second kappa shape index (κ2) is 2.19. The maximum absolute atomic E-state index is 12.2. The van der Waals surface area contributed by atoms with Gasteiger partial charge in [0, 0.05) is 17.3 Å². The first-order valence-electron chi connectivity index (χ1n) is 2.22. The molecule has 0 saturated heterocycles. The van der Waals surface area contributed by atoms with Gasteiger partial charge in [-0.2, -0.15) is 0 Å². The fourth-order valence-corrected chi connectivity index (χ4v) is 0.461. The number of aromatic nitrogens is 1. The number of hydrogen-bond donors (Lipinski definition) is 1. The first kappa shape index (κ1) is 5.65. The summed E-state index contributed by atoms with van der Waals surface area (Å²) in [7, 11) is 0. The second-order valence-electron chi connectivity index (χ2n) is 1.38. The zero-order chi connectivity index (χ0) is 6.69. The Morgan fingerprint density at radius 3 is 2.89 bits per heavy atom. The number of halogens is 1. The van der Waals surface area contributed by atoms with E-state index in [9.17, 15) is 4.39 Å². The first-order valence-corrected chi connectivity index (χ1v) is 2.22. The lowest BCUT2D eigenvalue weighted by atomic mass is 10.5. The van der Waals surface area contributed by atoms with Crippen molar-refractivity contribution >= 4 is 5.69 Å². The van der Waals surface area contributed by atoms with Crippen LogP contribution in [0, 0.1) is 5.82 Å². The van der Waals surface area contributed by atoms with Gasteiger partial charge in [-0.05, 0) is 5.53 Å². The third-order valence-electron chi connectivity index (χ3n) is 0.827. The molecule has 0 fully saturated rings. The Kier molecular flexibility index (Phi) is 1.38. The van der Waals surface area contributed by atoms with Crippen LogP contribution < -0.4 is 0 Å². The molecule has 0 spiro atoms. The van der Waals surface area contributed by atoms with E-state index < -0.39 is 5.82 Å². The summed E-state index contributed by atoms with van der Waals surface area (Å²) in [6.07, 6.45) is 2.40. The third kappa shape index (κ3) is 1.00. The van der Waals surface area contributed by atoms with Crippen LogP contribution in [0.3, 0.4) is 0 Å². The molecule has 1 aromatic heterocycles. The van der Waals surface area contributed by atoms with E-state index in [4.69, 9.17) is 5.53 Å². The van der Waals surface area contributed by atoms with Crippen molar-refractivity contribution in [3.05, 3.63) is 28.7 Å². The summed E-state index contributed by atoms with van der Waals surface area (Å²) in [5, 5.41) is 3.04. The maximum Gasteiger partial charge on any atom is 0.150 e. The van der Waals surface area contributed by atoms with Gasteiger partial charge < -0.3 is 4.98 Å². The molecule has 0 amide bonds. The molecule has 1 heterocycles. The van der Waals surface area contributed by atoms with Crippen LogP contribution >= 0.6 is 0 Å². The average molecular weight is 126 g/mol. The predicted octanol–water partition coefficient (Wildman–Crippen LogP) is 2.10. The van der Waals surface area contributed by atoms with Crippen molar-refractivity contribution in [2.24, 2.45) is 5.11 Å². The van der Waals surface area contributed by atoms with Crippen molar-refractivity contribution in [3.8, 4) is 0 Å². The highest BCUT2D eigenvalue weighted by Crippen LogP contribution is 2.14. The van der Waals surface area contributed by atoms with E-state index >= 15 is 0 Å². The van der Waals surface area contributed by atoms with Gasteiger partial charge in [0.1, 0.15) is 5.82 Å². The zero-order valence-corrected chi connectivity index (χ0v) is 4.37. The normalized spacial score (nSPS) is 8.56. The smallest absolute Gasteiger partial charge is 0.150 e. The molecular formula is C4H3FN4. The number of hydrogen-bond acceptors (Lipinski definition) is 1. The van der Waals surface area contributed by atoms with E-state index in [2.05, 4.69) is 15.0 Å². The van der Waals surface area contributed by atoms with Crippen molar-refractivity contribution in [1.29, 1.82) is 0 Å². The minimum Gasteiger partial charge on any atom is -0.365 e. The van der Waals surface area contributed by atoms with Crippen LogP contribution in [-0.2, 0) is 0 Å². The summed E-state index contributed by atoms with van der Waals surface area (Å²) in [6, 6.07) is 0. The minimum atomic E-state index is -0.534. The van der Waals surface area contributed by atoms with Gasteiger partial charge in [-0.15, -0.1) is 0 Å². The monoisotopic (exact) mass is 126 g/mol. The molecule has 9 heavy (non-hydrogen) atoms. The van der Waals surface area contributed by atoms with Crippen LogP contribution in [-0.4, -0.2) is 4.98 Å². The van der Waals surface area contributed by atoms with Gasteiger partial charge in [0.15, 0.2) is 0 Å². The Labute approximate surface area is 49.9 Å². The largest absolute Gasteiger partial charge is 0.365 e. The molecular weight excluding hydrogens is 123 g/mol. The maximum atomic E-state index is 12.2. The van der Waals surface area contributed by atoms with Gasteiger partial charge in [-0.25, -0.2) is 4.39 Å². The molecule has 0 aromatic carbocycles. The van der Waals surface area contributed by atoms with E-state index in [0.717, 1.165) is 6.20 Å². The Bertz CT molecular complexity index is 247. The summed E-state index contributed by atoms with van der Waals surface area (Å²) >= 11 is 0. The molecule has 46 valence electrons. The average Bonchev–Trinajstić information content (AvgIpc) is 2.18. The topological polar surface area (TPSA) is 64.6 Å². The molecule has 0 aliphatic heterocycles. The molecule has 0 saturated carbocycles. The number of rotatable bonds is 1. The summed E-state index contributed by atoms with van der Waals surface area (Å²) in [4.78, 5) is 4.85. The quantitative estimate of drug-likeness (QED) is 0.340. The van der Waals surface area contributed by atoms with Crippen LogP contribution in [0.4, 0.5) is 10.1 Å². The molecule has 1 rings (SSSR count). The van der Waals surface area contributed by atoms with Crippen molar-refractivity contribution in [1.82, 2.24) is 4.98 Å². The second-order valence-corrected chi connectivity index (χ2v) is 1.38. The van der Waals surface area contributed by atoms with Gasteiger partial charge in [0.05, 0.1) is 5.69 Å². The number of aromatic amines is 1. The molecule has 0 atom stereocenters. The molecule has 5 heteroatoms. The molecule has 4 nitrogen and oxygen atoms in total. The van der Waals surface area contributed by atoms with Crippen molar-refractivity contribution in [2.45, 2.75) is 0 Å². The van der Waals surface area contributed by atoms with Crippen LogP contribution in [0.25, 0.3) is 10.4 Å². The lowest BCUT2D eigenvalue weighted by Gasteiger charge is -1.76. The molecule has 1 N–H and O–H groups in total. The van der Waals surface area contributed by atoms with Crippen molar-refractivity contribution in [2.75, 3.05) is 0 Å². The third-order valence-corrected chi connectivity index (χ3v) is 0.827. The van der Waals surface area contributed by atoms with Gasteiger partial charge in [0.25, 0.3) is 0 Å². The standard InChI is InChI=1S/C4H3FN4/c5-3-1-7-2-4(3)8-9-6/h1-2,7H. The molecule has 0 radical (unpaired) electrons. The first-order chi connectivity index (χ1) is 4.34. The van der Waals surface area contributed by atoms with Crippen LogP contribution in [0.5, 0.6) is 0 Å². The van der Waals surface area contributed by atoms with E-state index in [1.807, 2.05) is 0 Å². The number of azide groups is 1. The van der Waals surface area contributed by atoms with Crippen LogP contribution in [0.2, 0.25) is 0 Å². The summed E-state index contributed by atoms with van der Waals surface area (Å²) in [5.74, 6) is -0.534. The van der Waals surface area contributed by atoms with Gasteiger partial charge in [-0.1, -0.05) is 5.11 Å². The number of H-pyrrole nitrogens is 1. The highest BCUT2D eigenvalue weighted by Gasteiger charge is 1.96. The Morgan fingerprint density at radius 2 is 2.44 bits per heavy atom. The fourth-order valence-electron chi connectivity index (χ4n) is 0.461. The zero-order valence-electron chi connectivity index (χ0n) is 4.37. The Hall–Kier alpha value is -1.48. The molecule has 0 unspecified atom stereocenters. The van der Waals surface area contributed by atoms with Gasteiger partial charge >= 0.3 is 0 Å². The predicted molar refractivity (Wildman–Crippen MR) is 29.6 cm³/mol. The van der Waals surface area contributed by atoms with Crippen LogP contribution in [0.15, 0.2) is 17.5 Å². The SMILES string of the molecule is [N-]=[N+]=Nc1c[nH]cc1F. The van der Waals surface area contributed by atoms with E-state index in [1.54, 1.807) is 0 Å². The molecule has 1 aromatic rings.